The van der Waals surface area contributed by atoms with Crippen LogP contribution in [0.15, 0.2) is 35.3 Å². The minimum absolute atomic E-state index is 0.0603. The summed E-state index contributed by atoms with van der Waals surface area (Å²) >= 11 is 0. The topological polar surface area (TPSA) is 92.2 Å². The fourth-order valence-corrected chi connectivity index (χ4v) is 3.01. The number of nitrogens with one attached hydrogen (secondary N) is 2. The Morgan fingerprint density at radius 3 is 2.63 bits per heavy atom. The molecule has 2 N–H and O–H groups in total. The zero-order chi connectivity index (χ0) is 19.9. The summed E-state index contributed by atoms with van der Waals surface area (Å²) in [5.74, 6) is -0.149. The highest BCUT2D eigenvalue weighted by Gasteiger charge is 2.21. The van der Waals surface area contributed by atoms with Gasteiger partial charge in [-0.15, -0.1) is 0 Å². The molecule has 0 atom stereocenters. The van der Waals surface area contributed by atoms with E-state index in [1.165, 1.54) is 10.5 Å². The molecule has 0 saturated heterocycles. The molecule has 1 amide bonds. The fourth-order valence-electron chi connectivity index (χ4n) is 3.01. The van der Waals surface area contributed by atoms with Gasteiger partial charge >= 0.3 is 0 Å². The van der Waals surface area contributed by atoms with Gasteiger partial charge in [0.2, 0.25) is 0 Å². The number of rotatable bonds is 3. The smallest absolute Gasteiger partial charge is 0.267 e. The zero-order valence-electron chi connectivity index (χ0n) is 16.3. The second kappa shape index (κ2) is 6.64. The van der Waals surface area contributed by atoms with Gasteiger partial charge in [0.1, 0.15) is 16.8 Å². The first kappa shape index (κ1) is 18.8. The number of nitrogens with zero attached hydrogens (tertiary/aromatic N) is 3. The lowest BCUT2D eigenvalue weighted by atomic mass is 10.1. The van der Waals surface area contributed by atoms with Crippen molar-refractivity contribution in [2.24, 2.45) is 5.92 Å². The van der Waals surface area contributed by atoms with E-state index in [0.29, 0.717) is 23.2 Å². The van der Waals surface area contributed by atoms with Gasteiger partial charge in [0, 0.05) is 18.3 Å². The Bertz CT molecular complexity index is 1150. The predicted molar refractivity (Wildman–Crippen MR) is 105 cm³/mol. The Kier molecular flexibility index (Phi) is 4.63. The van der Waals surface area contributed by atoms with Crippen LogP contribution >= 0.6 is 0 Å². The maximum atomic E-state index is 13.0. The number of amides is 1. The Morgan fingerprint density at radius 2 is 2.00 bits per heavy atom. The normalized spacial score (nSPS) is 12.1. The van der Waals surface area contributed by atoms with Crippen molar-refractivity contribution in [3.8, 4) is 0 Å². The van der Waals surface area contributed by atoms with Crippen molar-refractivity contribution in [1.29, 1.82) is 5.41 Å². The first-order valence-corrected chi connectivity index (χ1v) is 9.00. The van der Waals surface area contributed by atoms with Gasteiger partial charge in [-0.05, 0) is 44.9 Å². The van der Waals surface area contributed by atoms with E-state index in [1.54, 1.807) is 22.9 Å². The molecular formula is C20H25N5O2. The largest absolute Gasteiger partial charge is 0.347 e. The first-order chi connectivity index (χ1) is 12.6. The molecule has 0 aliphatic heterocycles. The molecule has 0 radical (unpaired) electrons. The molecule has 27 heavy (non-hydrogen) atoms. The average molecular weight is 367 g/mol. The van der Waals surface area contributed by atoms with Crippen molar-refractivity contribution < 1.29 is 4.79 Å². The van der Waals surface area contributed by atoms with Crippen LogP contribution in [0.2, 0.25) is 0 Å². The summed E-state index contributed by atoms with van der Waals surface area (Å²) in [6, 6.07) is 6.82. The Morgan fingerprint density at radius 1 is 1.30 bits per heavy atom. The summed E-state index contributed by atoms with van der Waals surface area (Å²) in [6.07, 6.45) is 1.65. The van der Waals surface area contributed by atoms with Gasteiger partial charge < -0.3 is 9.88 Å². The van der Waals surface area contributed by atoms with Crippen LogP contribution in [-0.2, 0) is 6.54 Å². The van der Waals surface area contributed by atoms with Crippen LogP contribution < -0.4 is 16.4 Å². The first-order valence-electron chi connectivity index (χ1n) is 9.00. The van der Waals surface area contributed by atoms with Crippen molar-refractivity contribution in [2.45, 2.75) is 46.7 Å². The molecule has 142 valence electrons. The van der Waals surface area contributed by atoms with Crippen LogP contribution in [-0.4, -0.2) is 25.4 Å². The number of carbonyl (C=O) groups is 1. The molecule has 3 rings (SSSR count). The van der Waals surface area contributed by atoms with Crippen LogP contribution in [0.3, 0.4) is 0 Å². The van der Waals surface area contributed by atoms with Crippen molar-refractivity contribution in [1.82, 2.24) is 19.3 Å². The molecule has 7 nitrogen and oxygen atoms in total. The van der Waals surface area contributed by atoms with Crippen molar-refractivity contribution in [3.63, 3.8) is 0 Å². The molecular weight excluding hydrogens is 342 g/mol. The summed E-state index contributed by atoms with van der Waals surface area (Å²) in [5, 5.41) is 11.8. The average Bonchev–Trinajstić information content (AvgIpc) is 2.56. The molecule has 3 heterocycles. The second-order valence-corrected chi connectivity index (χ2v) is 8.20. The third-order valence-electron chi connectivity index (χ3n) is 4.10. The lowest BCUT2D eigenvalue weighted by Crippen LogP contribution is -2.44. The van der Waals surface area contributed by atoms with Crippen LogP contribution in [0, 0.1) is 11.3 Å². The lowest BCUT2D eigenvalue weighted by Gasteiger charge is -2.22. The minimum atomic E-state index is -0.446. The van der Waals surface area contributed by atoms with Crippen LogP contribution in [0.25, 0.3) is 16.7 Å². The van der Waals surface area contributed by atoms with E-state index in [9.17, 15) is 9.59 Å². The molecule has 7 heteroatoms. The maximum absolute atomic E-state index is 13.0. The summed E-state index contributed by atoms with van der Waals surface area (Å²) in [7, 11) is 0. The van der Waals surface area contributed by atoms with Gasteiger partial charge in [-0.3, -0.25) is 19.4 Å². The number of hydrogen-bond donors (Lipinski definition) is 2. The molecule has 3 aromatic rings. The maximum Gasteiger partial charge on any atom is 0.267 e. The van der Waals surface area contributed by atoms with Gasteiger partial charge in [0.05, 0.1) is 10.9 Å². The third-order valence-corrected chi connectivity index (χ3v) is 4.10. The predicted octanol–water partition coefficient (Wildman–Crippen LogP) is 2.31. The molecule has 0 spiro atoms. The van der Waals surface area contributed by atoms with Crippen LogP contribution in [0.1, 0.15) is 45.0 Å². The van der Waals surface area contributed by atoms with Gasteiger partial charge in [0.25, 0.3) is 11.5 Å². The quantitative estimate of drug-likeness (QED) is 0.696. The monoisotopic (exact) mass is 367 g/mol. The van der Waals surface area contributed by atoms with Gasteiger partial charge in [-0.2, -0.15) is 0 Å². The summed E-state index contributed by atoms with van der Waals surface area (Å²) in [6.45, 7) is 10.2. The van der Waals surface area contributed by atoms with Crippen LogP contribution in [0.4, 0.5) is 0 Å². The number of carbonyl (C=O) groups excluding carboxylic acids is 1. The van der Waals surface area contributed by atoms with Gasteiger partial charge in [0.15, 0.2) is 0 Å². The number of hydrogen-bond acceptors (Lipinski definition) is 4. The highest BCUT2D eigenvalue weighted by molar-refractivity contribution is 5.97. The van der Waals surface area contributed by atoms with E-state index >= 15 is 0 Å². The lowest BCUT2D eigenvalue weighted by molar-refractivity contribution is 0.0917. The zero-order valence-corrected chi connectivity index (χ0v) is 16.3. The Balaban J connectivity index is 2.39. The number of pyridine rings is 2. The van der Waals surface area contributed by atoms with Crippen molar-refractivity contribution in [2.75, 3.05) is 0 Å². The van der Waals surface area contributed by atoms with Crippen molar-refractivity contribution >= 4 is 22.6 Å². The molecule has 0 unspecified atom stereocenters. The number of fused-ring (bicyclic) bond motifs is 2. The SMILES string of the molecule is CC(C)Cn1c(=N)c(C(=O)NC(C)(C)C)cc2c(=O)n3ccccc3nc21. The third kappa shape index (κ3) is 3.63. The molecule has 0 bridgehead atoms. The van der Waals surface area contributed by atoms with E-state index in [-0.39, 0.29) is 28.4 Å². The molecule has 0 aliphatic carbocycles. The second-order valence-electron chi connectivity index (χ2n) is 8.20. The highest BCUT2D eigenvalue weighted by Crippen LogP contribution is 2.12. The van der Waals surface area contributed by atoms with E-state index in [0.717, 1.165) is 0 Å². The summed E-state index contributed by atoms with van der Waals surface area (Å²) in [4.78, 5) is 30.4. The fraction of sp³-hybridized carbons (Fsp3) is 0.400. The van der Waals surface area contributed by atoms with E-state index < -0.39 is 5.54 Å². The Labute approximate surface area is 157 Å². The molecule has 0 aromatic carbocycles. The summed E-state index contributed by atoms with van der Waals surface area (Å²) in [5.41, 5.74) is 0.477. The Hall–Kier alpha value is -2.96. The van der Waals surface area contributed by atoms with Crippen LogP contribution in [0.5, 0.6) is 0 Å². The molecule has 0 fully saturated rings. The van der Waals surface area contributed by atoms with E-state index in [2.05, 4.69) is 10.3 Å². The van der Waals surface area contributed by atoms with Crippen molar-refractivity contribution in [3.05, 3.63) is 51.9 Å². The van der Waals surface area contributed by atoms with Gasteiger partial charge in [-0.25, -0.2) is 4.98 Å². The molecule has 0 aliphatic rings. The van der Waals surface area contributed by atoms with E-state index in [1.807, 2.05) is 40.7 Å². The minimum Gasteiger partial charge on any atom is -0.347 e. The molecule has 3 aromatic heterocycles. The highest BCUT2D eigenvalue weighted by atomic mass is 16.2. The summed E-state index contributed by atoms with van der Waals surface area (Å²) < 4.78 is 3.11. The van der Waals surface area contributed by atoms with Gasteiger partial charge in [-0.1, -0.05) is 19.9 Å². The molecule has 0 saturated carbocycles. The van der Waals surface area contributed by atoms with E-state index in [4.69, 9.17) is 5.41 Å². The standard InChI is InChI=1S/C20H25N5O2/c1-12(2)11-25-16(21)13(18(26)23-20(3,4)5)10-14-17(25)22-15-8-6-7-9-24(15)19(14)27/h6-10,12,21H,11H2,1-5H3,(H,23,26). The number of aromatic nitrogens is 3.